The maximum absolute atomic E-state index is 4.24. The second-order valence-electron chi connectivity index (χ2n) is 4.78. The summed E-state index contributed by atoms with van der Waals surface area (Å²) >= 11 is 0. The van der Waals surface area contributed by atoms with Gasteiger partial charge in [-0.05, 0) is 31.8 Å². The van der Waals surface area contributed by atoms with Crippen LogP contribution in [0.1, 0.15) is 33.1 Å². The van der Waals surface area contributed by atoms with Crippen LogP contribution >= 0.6 is 0 Å². The molecule has 1 fully saturated rings. The summed E-state index contributed by atoms with van der Waals surface area (Å²) in [6.07, 6.45) is 3.73. The molecule has 0 spiro atoms. The van der Waals surface area contributed by atoms with Crippen molar-refractivity contribution in [2.75, 3.05) is 39.8 Å². The number of nitrogens with zero attached hydrogens (tertiary/aromatic N) is 2. The van der Waals surface area contributed by atoms with Crippen molar-refractivity contribution in [2.24, 2.45) is 10.9 Å². The lowest BCUT2D eigenvalue weighted by atomic mass is 10.1. The van der Waals surface area contributed by atoms with Crippen LogP contribution in [0.5, 0.6) is 0 Å². The number of unbranched alkanes of at least 4 members (excludes halogenated alkanes) is 1. The van der Waals surface area contributed by atoms with E-state index in [0.29, 0.717) is 0 Å². The molecule has 100 valence electrons. The highest BCUT2D eigenvalue weighted by Gasteiger charge is 2.20. The van der Waals surface area contributed by atoms with Crippen LogP contribution in [0.4, 0.5) is 0 Å². The quantitative estimate of drug-likeness (QED) is 0.417. The summed E-state index contributed by atoms with van der Waals surface area (Å²) in [4.78, 5) is 6.75. The molecule has 1 aliphatic rings. The fraction of sp³-hybridized carbons (Fsp3) is 0.923. The summed E-state index contributed by atoms with van der Waals surface area (Å²) < 4.78 is 0. The number of aliphatic imine (C=N–C) groups is 1. The molecule has 0 aromatic rings. The van der Waals surface area contributed by atoms with E-state index in [1.165, 1.54) is 38.9 Å². The van der Waals surface area contributed by atoms with Gasteiger partial charge in [-0.3, -0.25) is 4.99 Å². The van der Waals surface area contributed by atoms with Gasteiger partial charge in [0.15, 0.2) is 5.96 Å². The molecule has 4 nitrogen and oxygen atoms in total. The van der Waals surface area contributed by atoms with Gasteiger partial charge in [0.05, 0.1) is 0 Å². The standard InChI is InChI=1S/C13H28N4/c1-4-6-8-15-13(14-3)16-10-12-7-9-17(5-2)11-12/h12H,4-11H2,1-3H3,(H2,14,15,16). The van der Waals surface area contributed by atoms with E-state index in [-0.39, 0.29) is 0 Å². The molecular weight excluding hydrogens is 212 g/mol. The van der Waals surface area contributed by atoms with Crippen molar-refractivity contribution in [1.29, 1.82) is 0 Å². The summed E-state index contributed by atoms with van der Waals surface area (Å²) in [6, 6.07) is 0. The minimum Gasteiger partial charge on any atom is -0.356 e. The molecule has 0 aliphatic carbocycles. The van der Waals surface area contributed by atoms with E-state index in [4.69, 9.17) is 0 Å². The Labute approximate surface area is 106 Å². The molecule has 1 atom stereocenters. The maximum Gasteiger partial charge on any atom is 0.190 e. The Morgan fingerprint density at radius 3 is 2.76 bits per heavy atom. The van der Waals surface area contributed by atoms with Crippen molar-refractivity contribution in [2.45, 2.75) is 33.1 Å². The minimum atomic E-state index is 0.777. The Balaban J connectivity index is 2.15. The predicted molar refractivity (Wildman–Crippen MR) is 74.5 cm³/mol. The lowest BCUT2D eigenvalue weighted by Crippen LogP contribution is -2.40. The summed E-state index contributed by atoms with van der Waals surface area (Å²) in [7, 11) is 1.84. The summed E-state index contributed by atoms with van der Waals surface area (Å²) in [5, 5.41) is 6.77. The smallest absolute Gasteiger partial charge is 0.190 e. The first-order valence-corrected chi connectivity index (χ1v) is 6.97. The van der Waals surface area contributed by atoms with E-state index in [1.807, 2.05) is 7.05 Å². The van der Waals surface area contributed by atoms with Gasteiger partial charge in [-0.2, -0.15) is 0 Å². The number of rotatable bonds is 6. The van der Waals surface area contributed by atoms with Crippen molar-refractivity contribution in [3.8, 4) is 0 Å². The first-order valence-electron chi connectivity index (χ1n) is 6.97. The number of hydrogen-bond donors (Lipinski definition) is 2. The molecule has 0 aromatic heterocycles. The first kappa shape index (κ1) is 14.3. The number of nitrogens with one attached hydrogen (secondary N) is 2. The largest absolute Gasteiger partial charge is 0.356 e. The van der Waals surface area contributed by atoms with Gasteiger partial charge in [-0.15, -0.1) is 0 Å². The summed E-state index contributed by atoms with van der Waals surface area (Å²) in [5.74, 6) is 1.73. The van der Waals surface area contributed by atoms with Gasteiger partial charge in [-0.1, -0.05) is 20.3 Å². The van der Waals surface area contributed by atoms with Crippen molar-refractivity contribution < 1.29 is 0 Å². The van der Waals surface area contributed by atoms with Gasteiger partial charge in [0.2, 0.25) is 0 Å². The predicted octanol–water partition coefficient (Wildman–Crippen LogP) is 1.29. The zero-order valence-corrected chi connectivity index (χ0v) is 11.6. The Hall–Kier alpha value is -0.770. The number of guanidine groups is 1. The third-order valence-electron chi connectivity index (χ3n) is 3.42. The van der Waals surface area contributed by atoms with Crippen LogP contribution < -0.4 is 10.6 Å². The molecule has 1 saturated heterocycles. The lowest BCUT2D eigenvalue weighted by Gasteiger charge is -2.16. The van der Waals surface area contributed by atoms with E-state index in [2.05, 4.69) is 34.4 Å². The molecule has 0 saturated carbocycles. The van der Waals surface area contributed by atoms with Crippen LogP contribution in [-0.2, 0) is 0 Å². The van der Waals surface area contributed by atoms with E-state index >= 15 is 0 Å². The van der Waals surface area contributed by atoms with Crippen molar-refractivity contribution in [1.82, 2.24) is 15.5 Å². The average molecular weight is 240 g/mol. The molecule has 17 heavy (non-hydrogen) atoms. The van der Waals surface area contributed by atoms with Crippen molar-refractivity contribution in [3.05, 3.63) is 0 Å². The molecule has 1 unspecified atom stereocenters. The Kier molecular flexibility index (Phi) is 7.01. The van der Waals surface area contributed by atoms with Crippen LogP contribution in [0.15, 0.2) is 4.99 Å². The Bertz CT molecular complexity index is 227. The second kappa shape index (κ2) is 8.34. The molecule has 0 aromatic carbocycles. The van der Waals surface area contributed by atoms with E-state index < -0.39 is 0 Å². The minimum absolute atomic E-state index is 0.777. The van der Waals surface area contributed by atoms with E-state index in [0.717, 1.165) is 25.0 Å². The summed E-state index contributed by atoms with van der Waals surface area (Å²) in [5.41, 5.74) is 0. The average Bonchev–Trinajstić information content (AvgIpc) is 2.81. The highest BCUT2D eigenvalue weighted by molar-refractivity contribution is 5.79. The zero-order valence-electron chi connectivity index (χ0n) is 11.6. The molecule has 0 bridgehead atoms. The van der Waals surface area contributed by atoms with Gasteiger partial charge in [-0.25, -0.2) is 0 Å². The number of hydrogen-bond acceptors (Lipinski definition) is 2. The van der Waals surface area contributed by atoms with Crippen LogP contribution in [0.2, 0.25) is 0 Å². The zero-order chi connectivity index (χ0) is 12.5. The van der Waals surface area contributed by atoms with Gasteiger partial charge in [0.25, 0.3) is 0 Å². The highest BCUT2D eigenvalue weighted by atomic mass is 15.2. The molecule has 0 amide bonds. The van der Waals surface area contributed by atoms with Crippen LogP contribution in [0, 0.1) is 5.92 Å². The SMILES string of the molecule is CCCCNC(=NC)NCC1CCN(CC)C1. The maximum atomic E-state index is 4.24. The van der Waals surface area contributed by atoms with Crippen molar-refractivity contribution >= 4 is 5.96 Å². The fourth-order valence-corrected chi connectivity index (χ4v) is 2.21. The van der Waals surface area contributed by atoms with Crippen molar-refractivity contribution in [3.63, 3.8) is 0 Å². The molecule has 0 radical (unpaired) electrons. The van der Waals surface area contributed by atoms with E-state index in [9.17, 15) is 0 Å². The fourth-order valence-electron chi connectivity index (χ4n) is 2.21. The van der Waals surface area contributed by atoms with Gasteiger partial charge in [0, 0.05) is 26.7 Å². The van der Waals surface area contributed by atoms with Gasteiger partial charge in [0.1, 0.15) is 0 Å². The molecule has 1 rings (SSSR count). The Morgan fingerprint density at radius 2 is 2.18 bits per heavy atom. The van der Waals surface area contributed by atoms with Crippen LogP contribution in [-0.4, -0.2) is 50.6 Å². The molecule has 2 N–H and O–H groups in total. The highest BCUT2D eigenvalue weighted by Crippen LogP contribution is 2.14. The number of likely N-dealkylation sites (tertiary alicyclic amines) is 1. The molecular formula is C13H28N4. The monoisotopic (exact) mass is 240 g/mol. The van der Waals surface area contributed by atoms with Crippen LogP contribution in [0.25, 0.3) is 0 Å². The van der Waals surface area contributed by atoms with Gasteiger partial charge < -0.3 is 15.5 Å². The third-order valence-corrected chi connectivity index (χ3v) is 3.42. The first-order chi connectivity index (χ1) is 8.30. The molecule has 1 heterocycles. The third kappa shape index (κ3) is 5.39. The molecule has 4 heteroatoms. The normalized spacial score (nSPS) is 21.8. The Morgan fingerprint density at radius 1 is 1.35 bits per heavy atom. The van der Waals surface area contributed by atoms with E-state index in [1.54, 1.807) is 0 Å². The second-order valence-corrected chi connectivity index (χ2v) is 4.78. The topological polar surface area (TPSA) is 39.7 Å². The lowest BCUT2D eigenvalue weighted by molar-refractivity contribution is 0.342. The van der Waals surface area contributed by atoms with Crippen LogP contribution in [0.3, 0.4) is 0 Å². The summed E-state index contributed by atoms with van der Waals surface area (Å²) in [6.45, 7) is 10.2. The molecule has 1 aliphatic heterocycles. The van der Waals surface area contributed by atoms with Gasteiger partial charge >= 0.3 is 0 Å².